The first-order chi connectivity index (χ1) is 11.2. The lowest BCUT2D eigenvalue weighted by Crippen LogP contribution is -2.42. The molecular formula is C19H23NO3. The number of hydrogen-bond acceptors (Lipinski definition) is 3. The van der Waals surface area contributed by atoms with Gasteiger partial charge in [-0.3, -0.25) is 4.79 Å². The first-order valence-electron chi connectivity index (χ1n) is 8.18. The van der Waals surface area contributed by atoms with E-state index in [1.165, 1.54) is 0 Å². The second kappa shape index (κ2) is 7.01. The first kappa shape index (κ1) is 15.8. The quantitative estimate of drug-likeness (QED) is 0.866. The van der Waals surface area contributed by atoms with Crippen molar-refractivity contribution in [2.75, 3.05) is 26.8 Å². The first-order valence-corrected chi connectivity index (χ1v) is 8.18. The molecule has 0 unspecified atom stereocenters. The normalized spacial score (nSPS) is 18.2. The lowest BCUT2D eigenvalue weighted by Gasteiger charge is -2.33. The Bertz CT molecular complexity index is 698. The molecule has 1 atom stereocenters. The topological polar surface area (TPSA) is 38.8 Å². The van der Waals surface area contributed by atoms with E-state index in [4.69, 9.17) is 9.47 Å². The molecule has 2 aromatic rings. The van der Waals surface area contributed by atoms with Crippen molar-refractivity contribution in [1.29, 1.82) is 0 Å². The van der Waals surface area contributed by atoms with Gasteiger partial charge in [-0.05, 0) is 41.0 Å². The van der Waals surface area contributed by atoms with Crippen LogP contribution >= 0.6 is 0 Å². The Kier molecular flexibility index (Phi) is 4.82. The van der Waals surface area contributed by atoms with Gasteiger partial charge in [0.25, 0.3) is 0 Å². The predicted octanol–water partition coefficient (Wildman–Crippen LogP) is 3.55. The lowest BCUT2D eigenvalue weighted by atomic mass is 10.0. The molecule has 1 fully saturated rings. The van der Waals surface area contributed by atoms with Gasteiger partial charge in [-0.25, -0.2) is 0 Å². The summed E-state index contributed by atoms with van der Waals surface area (Å²) in [7, 11) is 1.67. The van der Waals surface area contributed by atoms with Crippen molar-refractivity contribution in [2.45, 2.75) is 25.9 Å². The average Bonchev–Trinajstić information content (AvgIpc) is 2.61. The van der Waals surface area contributed by atoms with Gasteiger partial charge in [0.05, 0.1) is 20.3 Å². The molecule has 4 nitrogen and oxygen atoms in total. The minimum Gasteiger partial charge on any atom is -0.497 e. The van der Waals surface area contributed by atoms with Crippen LogP contribution in [0.3, 0.4) is 0 Å². The number of nitrogens with zero attached hydrogens (tertiary/aromatic N) is 1. The zero-order valence-corrected chi connectivity index (χ0v) is 13.7. The number of amides is 1. The number of morpholine rings is 1. The number of carbonyl (C=O) groups is 1. The van der Waals surface area contributed by atoms with Gasteiger partial charge in [-0.15, -0.1) is 0 Å². The molecule has 0 aliphatic carbocycles. The summed E-state index contributed by atoms with van der Waals surface area (Å²) in [5.41, 5.74) is 1.12. The third-order valence-corrected chi connectivity index (χ3v) is 4.33. The molecule has 1 aliphatic rings. The summed E-state index contributed by atoms with van der Waals surface area (Å²) in [5.74, 6) is 1.09. The maximum atomic E-state index is 12.1. The van der Waals surface area contributed by atoms with Gasteiger partial charge in [0, 0.05) is 13.0 Å². The molecule has 122 valence electrons. The van der Waals surface area contributed by atoms with Gasteiger partial charge >= 0.3 is 0 Å². The van der Waals surface area contributed by atoms with Crippen molar-refractivity contribution >= 4 is 16.7 Å². The van der Waals surface area contributed by atoms with E-state index in [-0.39, 0.29) is 12.0 Å². The molecule has 23 heavy (non-hydrogen) atoms. The van der Waals surface area contributed by atoms with E-state index in [2.05, 4.69) is 24.3 Å². The Morgan fingerprint density at radius 1 is 1.26 bits per heavy atom. The number of fused-ring (bicyclic) bond motifs is 1. The Hall–Kier alpha value is -2.07. The molecule has 0 spiro atoms. The summed E-state index contributed by atoms with van der Waals surface area (Å²) in [5, 5.41) is 2.30. The van der Waals surface area contributed by atoms with Crippen molar-refractivity contribution in [3.05, 3.63) is 42.0 Å². The Morgan fingerprint density at radius 3 is 2.83 bits per heavy atom. The van der Waals surface area contributed by atoms with Crippen molar-refractivity contribution in [2.24, 2.45) is 0 Å². The fourth-order valence-corrected chi connectivity index (χ4v) is 3.02. The Labute approximate surface area is 137 Å². The molecule has 0 bridgehead atoms. The van der Waals surface area contributed by atoms with Gasteiger partial charge < -0.3 is 14.4 Å². The monoisotopic (exact) mass is 313 g/mol. The molecule has 1 saturated heterocycles. The highest BCUT2D eigenvalue weighted by Crippen LogP contribution is 2.28. The van der Waals surface area contributed by atoms with E-state index < -0.39 is 0 Å². The number of methoxy groups -OCH3 is 1. The van der Waals surface area contributed by atoms with Crippen molar-refractivity contribution < 1.29 is 14.3 Å². The van der Waals surface area contributed by atoms with E-state index in [0.717, 1.165) is 28.5 Å². The molecular weight excluding hydrogens is 290 g/mol. The van der Waals surface area contributed by atoms with Crippen LogP contribution in [0.5, 0.6) is 5.75 Å². The second-order valence-electron chi connectivity index (χ2n) is 5.92. The summed E-state index contributed by atoms with van der Waals surface area (Å²) in [6.45, 7) is 3.97. The zero-order chi connectivity index (χ0) is 16.2. The molecule has 1 amide bonds. The molecule has 1 heterocycles. The number of hydrogen-bond donors (Lipinski definition) is 0. The maximum Gasteiger partial charge on any atom is 0.222 e. The van der Waals surface area contributed by atoms with Crippen LogP contribution in [0, 0.1) is 0 Å². The van der Waals surface area contributed by atoms with E-state index in [1.54, 1.807) is 7.11 Å². The van der Waals surface area contributed by atoms with Crippen LogP contribution in [0.25, 0.3) is 10.8 Å². The van der Waals surface area contributed by atoms with Gasteiger partial charge in [-0.1, -0.05) is 25.1 Å². The van der Waals surface area contributed by atoms with Crippen LogP contribution in [0.4, 0.5) is 0 Å². The number of carbonyl (C=O) groups excluding carboxylic acids is 1. The average molecular weight is 313 g/mol. The van der Waals surface area contributed by atoms with Crippen molar-refractivity contribution in [3.8, 4) is 5.75 Å². The highest BCUT2D eigenvalue weighted by Gasteiger charge is 2.24. The zero-order valence-electron chi connectivity index (χ0n) is 13.7. The number of rotatable bonds is 4. The molecule has 2 aromatic carbocycles. The summed E-state index contributed by atoms with van der Waals surface area (Å²) < 4.78 is 11.2. The van der Waals surface area contributed by atoms with E-state index in [9.17, 15) is 4.79 Å². The number of ether oxygens (including phenoxy) is 2. The van der Waals surface area contributed by atoms with Crippen LogP contribution in [-0.2, 0) is 9.53 Å². The predicted molar refractivity (Wildman–Crippen MR) is 90.7 cm³/mol. The van der Waals surface area contributed by atoms with Crippen LogP contribution in [-0.4, -0.2) is 37.6 Å². The lowest BCUT2D eigenvalue weighted by molar-refractivity contribution is -0.139. The summed E-state index contributed by atoms with van der Waals surface area (Å²) in [4.78, 5) is 14.0. The van der Waals surface area contributed by atoms with Gasteiger partial charge in [0.2, 0.25) is 5.91 Å². The fraction of sp³-hybridized carbons (Fsp3) is 0.421. The molecule has 0 N–H and O–H groups in total. The van der Waals surface area contributed by atoms with Crippen molar-refractivity contribution in [3.63, 3.8) is 0 Å². The highest BCUT2D eigenvalue weighted by molar-refractivity contribution is 5.84. The van der Waals surface area contributed by atoms with Gasteiger partial charge in [0.1, 0.15) is 11.9 Å². The molecule has 0 radical (unpaired) electrons. The molecule has 0 saturated carbocycles. The van der Waals surface area contributed by atoms with E-state index in [0.29, 0.717) is 26.1 Å². The van der Waals surface area contributed by atoms with Crippen LogP contribution in [0.15, 0.2) is 36.4 Å². The molecule has 1 aliphatic heterocycles. The van der Waals surface area contributed by atoms with Crippen molar-refractivity contribution in [1.82, 2.24) is 4.90 Å². The summed E-state index contributed by atoms with van der Waals surface area (Å²) in [6.07, 6.45) is 1.46. The SMILES string of the molecule is CCCC(=O)N1CCO[C@H](c2ccc3cc(OC)ccc3c2)C1. The summed E-state index contributed by atoms with van der Waals surface area (Å²) >= 11 is 0. The Balaban J connectivity index is 1.80. The van der Waals surface area contributed by atoms with Crippen LogP contribution < -0.4 is 4.74 Å². The molecule has 0 aromatic heterocycles. The smallest absolute Gasteiger partial charge is 0.222 e. The summed E-state index contributed by atoms with van der Waals surface area (Å²) in [6, 6.07) is 12.4. The van der Waals surface area contributed by atoms with Crippen LogP contribution in [0.2, 0.25) is 0 Å². The van der Waals surface area contributed by atoms with Crippen LogP contribution in [0.1, 0.15) is 31.4 Å². The highest BCUT2D eigenvalue weighted by atomic mass is 16.5. The largest absolute Gasteiger partial charge is 0.497 e. The maximum absolute atomic E-state index is 12.1. The minimum absolute atomic E-state index is 0.0453. The third-order valence-electron chi connectivity index (χ3n) is 4.33. The van der Waals surface area contributed by atoms with Gasteiger partial charge in [0.15, 0.2) is 0 Å². The molecule has 3 rings (SSSR count). The second-order valence-corrected chi connectivity index (χ2v) is 5.92. The van der Waals surface area contributed by atoms with Gasteiger partial charge in [-0.2, -0.15) is 0 Å². The Morgan fingerprint density at radius 2 is 2.04 bits per heavy atom. The molecule has 4 heteroatoms. The number of benzene rings is 2. The standard InChI is InChI=1S/C19H23NO3/c1-3-4-19(21)20-9-10-23-18(13-20)16-6-5-15-12-17(22-2)8-7-14(15)11-16/h5-8,11-12,18H,3-4,9-10,13H2,1-2H3/t18-/m0/s1. The fourth-order valence-electron chi connectivity index (χ4n) is 3.02. The van der Waals surface area contributed by atoms with E-state index >= 15 is 0 Å². The third kappa shape index (κ3) is 3.48. The van der Waals surface area contributed by atoms with E-state index in [1.807, 2.05) is 24.0 Å². The minimum atomic E-state index is -0.0453.